The summed E-state index contributed by atoms with van der Waals surface area (Å²) in [5.74, 6) is -0.661. The van der Waals surface area contributed by atoms with Crippen LogP contribution in [0.1, 0.15) is 26.0 Å². The van der Waals surface area contributed by atoms with E-state index in [1.54, 1.807) is 5.48 Å². The van der Waals surface area contributed by atoms with Crippen molar-refractivity contribution in [3.8, 4) is 0 Å². The first-order chi connectivity index (χ1) is 10.9. The molecule has 128 valence electrons. The molecule has 0 aromatic carbocycles. The number of aromatic nitrogens is 2. The predicted molar refractivity (Wildman–Crippen MR) is 77.7 cm³/mol. The SMILES string of the molecule is CC(O)C(N)C(=O)OCC1CCC(n2ccc(NO)nc2=O)O1. The molecule has 0 radical (unpaired) electrons. The number of aliphatic hydroxyl groups is 1. The molecule has 1 fully saturated rings. The number of hydrogen-bond acceptors (Lipinski definition) is 9. The maximum atomic E-state index is 11.8. The van der Waals surface area contributed by atoms with Crippen LogP contribution < -0.4 is 16.9 Å². The highest BCUT2D eigenvalue weighted by molar-refractivity contribution is 5.76. The van der Waals surface area contributed by atoms with Crippen molar-refractivity contribution >= 4 is 11.8 Å². The molecule has 0 saturated carbocycles. The Morgan fingerprint density at radius 3 is 3.00 bits per heavy atom. The zero-order valence-electron chi connectivity index (χ0n) is 12.6. The lowest BCUT2D eigenvalue weighted by Crippen LogP contribution is -2.42. The van der Waals surface area contributed by atoms with Crippen molar-refractivity contribution in [2.75, 3.05) is 12.1 Å². The number of aliphatic hydroxyl groups excluding tert-OH is 1. The van der Waals surface area contributed by atoms with Gasteiger partial charge >= 0.3 is 11.7 Å². The van der Waals surface area contributed by atoms with Crippen molar-refractivity contribution in [2.24, 2.45) is 5.73 Å². The van der Waals surface area contributed by atoms with E-state index in [9.17, 15) is 14.7 Å². The Hall–Kier alpha value is -2.01. The van der Waals surface area contributed by atoms with E-state index in [0.29, 0.717) is 12.8 Å². The number of ether oxygens (including phenoxy) is 2. The number of esters is 1. The Morgan fingerprint density at radius 1 is 1.65 bits per heavy atom. The fourth-order valence-electron chi connectivity index (χ4n) is 2.18. The predicted octanol–water partition coefficient (Wildman–Crippen LogP) is -1.03. The molecule has 1 aromatic heterocycles. The number of carbonyl (C=O) groups is 1. The highest BCUT2D eigenvalue weighted by Crippen LogP contribution is 2.27. The smallest absolute Gasteiger partial charge is 0.351 e. The largest absolute Gasteiger partial charge is 0.462 e. The molecular weight excluding hydrogens is 308 g/mol. The average molecular weight is 328 g/mol. The van der Waals surface area contributed by atoms with Gasteiger partial charge in [-0.05, 0) is 25.8 Å². The minimum absolute atomic E-state index is 0.00574. The summed E-state index contributed by atoms with van der Waals surface area (Å²) >= 11 is 0. The van der Waals surface area contributed by atoms with E-state index < -0.39 is 30.0 Å². The highest BCUT2D eigenvalue weighted by atomic mass is 16.6. The summed E-state index contributed by atoms with van der Waals surface area (Å²) in [5.41, 5.74) is 6.69. The topological polar surface area (TPSA) is 149 Å². The number of nitrogens with one attached hydrogen (secondary N) is 1. The number of hydrogen-bond donors (Lipinski definition) is 4. The standard InChI is InChI=1S/C13H20N4O6/c1-7(18)11(14)12(19)22-6-8-2-3-10(23-8)17-5-4-9(16-21)15-13(17)20/h4-5,7-8,10-11,18,21H,2-3,6,14H2,1H3,(H,15,16,20). The molecule has 1 aromatic rings. The van der Waals surface area contributed by atoms with Gasteiger partial charge in [0.15, 0.2) is 5.82 Å². The zero-order valence-corrected chi connectivity index (χ0v) is 12.6. The maximum Gasteiger partial charge on any atom is 0.351 e. The zero-order chi connectivity index (χ0) is 17.0. The third-order valence-electron chi connectivity index (χ3n) is 3.54. The minimum Gasteiger partial charge on any atom is -0.462 e. The first-order valence-electron chi connectivity index (χ1n) is 7.17. The van der Waals surface area contributed by atoms with Crippen LogP contribution in [0.25, 0.3) is 0 Å². The number of nitrogens with two attached hydrogens (primary N) is 1. The second-order valence-corrected chi connectivity index (χ2v) is 5.30. The molecular formula is C13H20N4O6. The van der Waals surface area contributed by atoms with Gasteiger partial charge in [0.25, 0.3) is 0 Å². The van der Waals surface area contributed by atoms with Gasteiger partial charge in [-0.15, -0.1) is 0 Å². The van der Waals surface area contributed by atoms with Crippen LogP contribution in [-0.2, 0) is 14.3 Å². The lowest BCUT2D eigenvalue weighted by molar-refractivity contribution is -0.152. The van der Waals surface area contributed by atoms with E-state index in [2.05, 4.69) is 4.98 Å². The Bertz CT molecular complexity index is 604. The third kappa shape index (κ3) is 4.26. The van der Waals surface area contributed by atoms with Gasteiger partial charge in [-0.1, -0.05) is 0 Å². The Morgan fingerprint density at radius 2 is 2.39 bits per heavy atom. The van der Waals surface area contributed by atoms with Gasteiger partial charge in [0, 0.05) is 6.20 Å². The van der Waals surface area contributed by atoms with Crippen LogP contribution in [0.2, 0.25) is 0 Å². The monoisotopic (exact) mass is 328 g/mol. The van der Waals surface area contributed by atoms with E-state index in [-0.39, 0.29) is 18.5 Å². The molecule has 0 amide bonds. The second-order valence-electron chi connectivity index (χ2n) is 5.30. The number of carbonyl (C=O) groups excluding carboxylic acids is 1. The average Bonchev–Trinajstić information content (AvgIpc) is 3.00. The molecule has 10 nitrogen and oxygen atoms in total. The molecule has 0 bridgehead atoms. The third-order valence-corrected chi connectivity index (χ3v) is 3.54. The summed E-state index contributed by atoms with van der Waals surface area (Å²) in [4.78, 5) is 27.0. The van der Waals surface area contributed by atoms with Crippen LogP contribution in [0, 0.1) is 0 Å². The van der Waals surface area contributed by atoms with Gasteiger partial charge in [-0.25, -0.2) is 4.79 Å². The summed E-state index contributed by atoms with van der Waals surface area (Å²) in [6, 6.07) is 0.331. The maximum absolute atomic E-state index is 11.8. The van der Waals surface area contributed by atoms with E-state index in [4.69, 9.17) is 20.4 Å². The number of rotatable bonds is 6. The van der Waals surface area contributed by atoms with Crippen molar-refractivity contribution in [3.63, 3.8) is 0 Å². The van der Waals surface area contributed by atoms with Gasteiger partial charge in [0.1, 0.15) is 18.9 Å². The summed E-state index contributed by atoms with van der Waals surface area (Å²) in [7, 11) is 0. The molecule has 4 atom stereocenters. The number of anilines is 1. The fourth-order valence-corrected chi connectivity index (χ4v) is 2.18. The van der Waals surface area contributed by atoms with E-state index in [1.165, 1.54) is 23.8 Å². The van der Waals surface area contributed by atoms with E-state index >= 15 is 0 Å². The fraction of sp³-hybridized carbons (Fsp3) is 0.615. The molecule has 4 unspecified atom stereocenters. The summed E-state index contributed by atoms with van der Waals surface area (Å²) < 4.78 is 12.0. The van der Waals surface area contributed by atoms with Crippen LogP contribution in [0.4, 0.5) is 5.82 Å². The molecule has 1 aliphatic rings. The molecule has 2 heterocycles. The minimum atomic E-state index is -1.10. The lowest BCUT2D eigenvalue weighted by Gasteiger charge is -2.18. The number of nitrogens with zero attached hydrogens (tertiary/aromatic N) is 2. The molecule has 0 aliphatic carbocycles. The molecule has 0 spiro atoms. The molecule has 1 aliphatic heterocycles. The van der Waals surface area contributed by atoms with Crippen molar-refractivity contribution in [3.05, 3.63) is 22.7 Å². The van der Waals surface area contributed by atoms with Crippen molar-refractivity contribution in [2.45, 2.75) is 44.2 Å². The molecule has 5 N–H and O–H groups in total. The van der Waals surface area contributed by atoms with Crippen LogP contribution in [-0.4, -0.2) is 50.7 Å². The first kappa shape index (κ1) is 17.3. The van der Waals surface area contributed by atoms with Crippen LogP contribution in [0.15, 0.2) is 17.1 Å². The summed E-state index contributed by atoms with van der Waals surface area (Å²) in [6.45, 7) is 1.40. The molecule has 23 heavy (non-hydrogen) atoms. The lowest BCUT2D eigenvalue weighted by atomic mass is 10.2. The van der Waals surface area contributed by atoms with Crippen LogP contribution >= 0.6 is 0 Å². The Balaban J connectivity index is 1.89. The van der Waals surface area contributed by atoms with Gasteiger partial charge < -0.3 is 20.3 Å². The summed E-state index contributed by atoms with van der Waals surface area (Å²) in [5, 5.41) is 17.9. The molecule has 1 saturated heterocycles. The van der Waals surface area contributed by atoms with Crippen molar-refractivity contribution in [1.82, 2.24) is 9.55 Å². The van der Waals surface area contributed by atoms with Gasteiger partial charge in [-0.3, -0.25) is 20.0 Å². The van der Waals surface area contributed by atoms with Crippen LogP contribution in [0.3, 0.4) is 0 Å². The first-order valence-corrected chi connectivity index (χ1v) is 7.17. The Kier molecular flexibility index (Phi) is 5.66. The second kappa shape index (κ2) is 7.51. The highest BCUT2D eigenvalue weighted by Gasteiger charge is 2.29. The summed E-state index contributed by atoms with van der Waals surface area (Å²) in [6.07, 6.45) is 0.718. The van der Waals surface area contributed by atoms with E-state index in [1.807, 2.05) is 0 Å². The van der Waals surface area contributed by atoms with Crippen molar-refractivity contribution in [1.29, 1.82) is 0 Å². The molecule has 10 heteroatoms. The quantitative estimate of drug-likeness (QED) is 0.380. The van der Waals surface area contributed by atoms with E-state index in [0.717, 1.165) is 0 Å². The molecule has 2 rings (SSSR count). The van der Waals surface area contributed by atoms with Crippen molar-refractivity contribution < 1.29 is 24.6 Å². The van der Waals surface area contributed by atoms with Gasteiger partial charge in [0.2, 0.25) is 0 Å². The van der Waals surface area contributed by atoms with Crippen LogP contribution in [0.5, 0.6) is 0 Å². The van der Waals surface area contributed by atoms with Gasteiger partial charge in [0.05, 0.1) is 12.2 Å². The Labute approximate surface area is 131 Å². The normalized spacial score (nSPS) is 23.3. The van der Waals surface area contributed by atoms with Gasteiger partial charge in [-0.2, -0.15) is 4.98 Å².